The molecular weight excluding hydrogens is 460 g/mol. The average molecular weight is 478 g/mol. The van der Waals surface area contributed by atoms with Crippen molar-refractivity contribution in [1.29, 1.82) is 0 Å². The maximum absolute atomic E-state index is 13.2. The molecule has 0 unspecified atom stereocenters. The number of Topliss-reactive ketones (excluding diaryl/α,β-unsaturated/α-hetero) is 1. The highest BCUT2D eigenvalue weighted by Crippen LogP contribution is 2.44. The van der Waals surface area contributed by atoms with Crippen LogP contribution in [-0.2, 0) is 16.0 Å². The number of fused-ring (bicyclic) bond motifs is 1. The molecule has 3 aromatic rings. The van der Waals surface area contributed by atoms with Crippen LogP contribution in [0.15, 0.2) is 48.0 Å². The van der Waals surface area contributed by atoms with Gasteiger partial charge in [-0.2, -0.15) is 0 Å². The molecule has 5 rings (SSSR count). The van der Waals surface area contributed by atoms with Gasteiger partial charge in [-0.1, -0.05) is 23.5 Å². The molecule has 2 atom stereocenters. The monoisotopic (exact) mass is 478 g/mol. The minimum absolute atomic E-state index is 0.0107. The summed E-state index contributed by atoms with van der Waals surface area (Å²) < 4.78 is 5.70. The molecule has 0 aliphatic carbocycles. The molecule has 1 fully saturated rings. The Morgan fingerprint density at radius 1 is 1.24 bits per heavy atom. The third-order valence-electron chi connectivity index (χ3n) is 5.73. The van der Waals surface area contributed by atoms with Crippen molar-refractivity contribution < 1.29 is 24.4 Å². The van der Waals surface area contributed by atoms with E-state index in [4.69, 9.17) is 4.74 Å². The molecule has 2 aliphatic heterocycles. The van der Waals surface area contributed by atoms with Crippen molar-refractivity contribution in [1.82, 2.24) is 10.2 Å². The van der Waals surface area contributed by atoms with Gasteiger partial charge in [0.05, 0.1) is 16.5 Å². The van der Waals surface area contributed by atoms with Gasteiger partial charge in [-0.3, -0.25) is 24.6 Å². The third-order valence-corrected chi connectivity index (χ3v) is 6.57. The van der Waals surface area contributed by atoms with Crippen molar-refractivity contribution in [3.63, 3.8) is 0 Å². The van der Waals surface area contributed by atoms with Gasteiger partial charge in [0.2, 0.25) is 5.13 Å². The lowest BCUT2D eigenvalue weighted by Crippen LogP contribution is -2.29. The molecular formula is C23H18N4O6S. The molecule has 2 aliphatic rings. The van der Waals surface area contributed by atoms with Crippen molar-refractivity contribution >= 4 is 39.6 Å². The molecule has 2 aromatic carbocycles. The van der Waals surface area contributed by atoms with Crippen LogP contribution in [0.2, 0.25) is 0 Å². The van der Waals surface area contributed by atoms with E-state index in [2.05, 4.69) is 10.2 Å². The van der Waals surface area contributed by atoms with Crippen molar-refractivity contribution in [3.8, 4) is 5.75 Å². The number of hydrogen-bond acceptors (Lipinski definition) is 9. The molecule has 1 amide bonds. The van der Waals surface area contributed by atoms with E-state index in [0.29, 0.717) is 28.3 Å². The first-order valence-corrected chi connectivity index (χ1v) is 11.2. The molecule has 172 valence electrons. The van der Waals surface area contributed by atoms with Gasteiger partial charge in [-0.15, -0.1) is 10.2 Å². The number of carbonyl (C=O) groups is 2. The number of nitrogens with zero attached hydrogens (tertiary/aromatic N) is 4. The number of aliphatic hydroxyl groups is 1. The topological polar surface area (TPSA) is 136 Å². The Labute approximate surface area is 197 Å². The Bertz CT molecular complexity index is 1400. The van der Waals surface area contributed by atoms with Crippen molar-refractivity contribution in [3.05, 3.63) is 79.8 Å². The number of nitro groups is 1. The van der Waals surface area contributed by atoms with Crippen LogP contribution >= 0.6 is 11.3 Å². The zero-order valence-electron chi connectivity index (χ0n) is 18.1. The van der Waals surface area contributed by atoms with Crippen molar-refractivity contribution in [2.45, 2.75) is 32.4 Å². The van der Waals surface area contributed by atoms with E-state index in [-0.39, 0.29) is 28.3 Å². The van der Waals surface area contributed by atoms with Crippen LogP contribution in [0.3, 0.4) is 0 Å². The molecule has 1 saturated heterocycles. The number of aryl methyl sites for hydroxylation is 1. The van der Waals surface area contributed by atoms with Gasteiger partial charge < -0.3 is 9.84 Å². The van der Waals surface area contributed by atoms with Crippen LogP contribution in [0.5, 0.6) is 5.75 Å². The lowest BCUT2D eigenvalue weighted by atomic mass is 9.94. The number of nitro benzene ring substituents is 1. The van der Waals surface area contributed by atoms with Crippen LogP contribution in [0.4, 0.5) is 10.8 Å². The lowest BCUT2D eigenvalue weighted by molar-refractivity contribution is -0.384. The zero-order valence-corrected chi connectivity index (χ0v) is 18.9. The van der Waals surface area contributed by atoms with E-state index in [9.17, 15) is 24.8 Å². The summed E-state index contributed by atoms with van der Waals surface area (Å²) in [6.45, 7) is 3.63. The first kappa shape index (κ1) is 21.7. The van der Waals surface area contributed by atoms with Crippen molar-refractivity contribution in [2.24, 2.45) is 0 Å². The quantitative estimate of drug-likeness (QED) is 0.197. The summed E-state index contributed by atoms with van der Waals surface area (Å²) in [5.74, 6) is -1.48. The Morgan fingerprint density at radius 2 is 2.03 bits per heavy atom. The number of hydrogen-bond donors (Lipinski definition) is 1. The number of carbonyl (C=O) groups excluding carboxylic acids is 2. The first-order chi connectivity index (χ1) is 16.2. The zero-order chi connectivity index (χ0) is 24.1. The highest BCUT2D eigenvalue weighted by atomic mass is 32.1. The smallest absolute Gasteiger partial charge is 0.301 e. The number of anilines is 1. The van der Waals surface area contributed by atoms with Gasteiger partial charge in [0.15, 0.2) is 0 Å². The molecule has 34 heavy (non-hydrogen) atoms. The third kappa shape index (κ3) is 3.50. The summed E-state index contributed by atoms with van der Waals surface area (Å²) in [5, 5.41) is 31.3. The second kappa shape index (κ2) is 8.03. The predicted molar refractivity (Wildman–Crippen MR) is 123 cm³/mol. The maximum Gasteiger partial charge on any atom is 0.301 e. The number of amides is 1. The second-order valence-electron chi connectivity index (χ2n) is 8.08. The standard InChI is InChI=1S/C23H18N4O6S/c1-11-8-15-9-14(6-7-17(15)33-11)20(28)18-19(13-4-3-5-16(10-13)27(31)32)26(22(30)21(18)29)23-25-24-12(2)34-23/h3-7,9-11,19,28H,8H2,1-2H3/t11-,19+/m1/s1. The van der Waals surface area contributed by atoms with E-state index in [1.165, 1.54) is 18.2 Å². The SMILES string of the molecule is Cc1nnc(N2C(=O)C(=O)C(=C(O)c3ccc4c(c3)C[C@@H](C)O4)[C@@H]2c2cccc([N+](=O)[O-])c2)s1. The van der Waals surface area contributed by atoms with Crippen LogP contribution in [0.25, 0.3) is 5.76 Å². The fraction of sp³-hybridized carbons (Fsp3) is 0.217. The predicted octanol–water partition coefficient (Wildman–Crippen LogP) is 3.70. The summed E-state index contributed by atoms with van der Waals surface area (Å²) in [7, 11) is 0. The van der Waals surface area contributed by atoms with E-state index in [1.54, 1.807) is 31.2 Å². The number of ether oxygens (including phenoxy) is 1. The van der Waals surface area contributed by atoms with Gasteiger partial charge in [-0.05, 0) is 43.2 Å². The van der Waals surface area contributed by atoms with Gasteiger partial charge >= 0.3 is 5.91 Å². The summed E-state index contributed by atoms with van der Waals surface area (Å²) in [6.07, 6.45) is 0.631. The number of ketones is 1. The summed E-state index contributed by atoms with van der Waals surface area (Å²) in [6, 6.07) is 9.55. The number of non-ortho nitro benzene ring substituents is 1. The summed E-state index contributed by atoms with van der Waals surface area (Å²) in [4.78, 5) is 38.3. The number of aliphatic hydroxyl groups excluding tert-OH is 1. The number of benzene rings is 2. The summed E-state index contributed by atoms with van der Waals surface area (Å²) in [5.41, 5.74) is 1.13. The van der Waals surface area contributed by atoms with E-state index in [0.717, 1.165) is 21.8 Å². The van der Waals surface area contributed by atoms with Gasteiger partial charge in [0, 0.05) is 24.1 Å². The molecule has 1 aromatic heterocycles. The lowest BCUT2D eigenvalue weighted by Gasteiger charge is -2.22. The van der Waals surface area contributed by atoms with E-state index < -0.39 is 22.7 Å². The molecule has 0 saturated carbocycles. The maximum atomic E-state index is 13.2. The fourth-order valence-corrected chi connectivity index (χ4v) is 4.98. The fourth-order valence-electron chi connectivity index (χ4n) is 4.26. The Kier molecular flexibility index (Phi) is 5.13. The van der Waals surface area contributed by atoms with Gasteiger partial charge in [0.25, 0.3) is 11.5 Å². The van der Waals surface area contributed by atoms with Crippen LogP contribution < -0.4 is 9.64 Å². The molecule has 11 heteroatoms. The largest absolute Gasteiger partial charge is 0.507 e. The van der Waals surface area contributed by atoms with Gasteiger partial charge in [-0.25, -0.2) is 0 Å². The second-order valence-corrected chi connectivity index (χ2v) is 9.24. The Hall–Kier alpha value is -4.12. The first-order valence-electron chi connectivity index (χ1n) is 10.4. The molecule has 0 spiro atoms. The molecule has 3 heterocycles. The summed E-state index contributed by atoms with van der Waals surface area (Å²) >= 11 is 1.10. The minimum Gasteiger partial charge on any atom is -0.507 e. The Morgan fingerprint density at radius 3 is 2.74 bits per heavy atom. The highest BCUT2D eigenvalue weighted by molar-refractivity contribution is 7.15. The molecule has 0 bridgehead atoms. The van der Waals surface area contributed by atoms with Crippen LogP contribution in [0.1, 0.15) is 34.7 Å². The van der Waals surface area contributed by atoms with Crippen LogP contribution in [-0.4, -0.2) is 38.0 Å². The molecule has 10 nitrogen and oxygen atoms in total. The van der Waals surface area contributed by atoms with Crippen molar-refractivity contribution in [2.75, 3.05) is 4.90 Å². The highest BCUT2D eigenvalue weighted by Gasteiger charge is 2.48. The number of aromatic nitrogens is 2. The average Bonchev–Trinajstić information content (AvgIpc) is 3.48. The van der Waals surface area contributed by atoms with Gasteiger partial charge in [0.1, 0.15) is 22.6 Å². The number of rotatable bonds is 4. The van der Waals surface area contributed by atoms with E-state index >= 15 is 0 Å². The molecule has 1 N–H and O–H groups in total. The normalized spacial score (nSPS) is 20.9. The minimum atomic E-state index is -1.12. The Balaban J connectivity index is 1.70. The van der Waals surface area contributed by atoms with E-state index in [1.807, 2.05) is 6.92 Å². The molecule has 0 radical (unpaired) electrons. The van der Waals surface area contributed by atoms with Crippen LogP contribution in [0, 0.1) is 17.0 Å².